The summed E-state index contributed by atoms with van der Waals surface area (Å²) >= 11 is 7.17. The quantitative estimate of drug-likeness (QED) is 0.385. The smallest absolute Gasteiger partial charge is 0.348 e. The zero-order valence-electron chi connectivity index (χ0n) is 18.5. The van der Waals surface area contributed by atoms with Crippen molar-refractivity contribution in [1.82, 2.24) is 4.90 Å². The van der Waals surface area contributed by atoms with Crippen LogP contribution < -0.4 is 5.32 Å². The number of rotatable bonds is 11. The zero-order chi connectivity index (χ0) is 23.7. The molecule has 0 aliphatic rings. The van der Waals surface area contributed by atoms with Gasteiger partial charge < -0.3 is 19.5 Å². The fraction of sp³-hybridized carbons (Fsp3) is 0.409. The summed E-state index contributed by atoms with van der Waals surface area (Å²) in [4.78, 5) is 39.6. The summed E-state index contributed by atoms with van der Waals surface area (Å²) in [5.74, 6) is -1.55. The molecule has 0 bridgehead atoms. The molecule has 0 unspecified atom stereocenters. The molecule has 1 N–H and O–H groups in total. The molecule has 174 valence electrons. The third-order valence-electron chi connectivity index (χ3n) is 4.40. The van der Waals surface area contributed by atoms with Crippen LogP contribution in [0.15, 0.2) is 24.3 Å². The minimum absolute atomic E-state index is 0.0536. The molecule has 0 aliphatic carbocycles. The summed E-state index contributed by atoms with van der Waals surface area (Å²) in [6.07, 6.45) is 0. The maximum Gasteiger partial charge on any atom is 0.348 e. The molecule has 32 heavy (non-hydrogen) atoms. The Hall–Kier alpha value is -2.46. The van der Waals surface area contributed by atoms with Crippen molar-refractivity contribution in [2.75, 3.05) is 45.8 Å². The Bertz CT molecular complexity index is 962. The van der Waals surface area contributed by atoms with Crippen molar-refractivity contribution in [2.24, 2.45) is 0 Å². The molecule has 0 saturated carbocycles. The van der Waals surface area contributed by atoms with Gasteiger partial charge in [0.15, 0.2) is 0 Å². The third-order valence-corrected chi connectivity index (χ3v) is 5.95. The number of methoxy groups -OCH3 is 1. The van der Waals surface area contributed by atoms with Gasteiger partial charge in [-0.15, -0.1) is 11.3 Å². The van der Waals surface area contributed by atoms with Crippen molar-refractivity contribution in [3.63, 3.8) is 0 Å². The van der Waals surface area contributed by atoms with Crippen molar-refractivity contribution < 1.29 is 28.6 Å². The van der Waals surface area contributed by atoms with Crippen LogP contribution in [0.5, 0.6) is 0 Å². The number of nitrogens with one attached hydrogen (secondary N) is 1. The molecule has 1 aromatic heterocycles. The van der Waals surface area contributed by atoms with E-state index in [2.05, 4.69) is 5.32 Å². The van der Waals surface area contributed by atoms with Gasteiger partial charge in [-0.25, -0.2) is 9.59 Å². The monoisotopic (exact) mass is 482 g/mol. The van der Waals surface area contributed by atoms with Gasteiger partial charge >= 0.3 is 11.9 Å². The second kappa shape index (κ2) is 12.5. The number of thiophene rings is 1. The lowest BCUT2D eigenvalue weighted by atomic mass is 10.1. The number of halogens is 1. The molecule has 0 radical (unpaired) electrons. The maximum absolute atomic E-state index is 12.7. The molecule has 0 atom stereocenters. The number of anilines is 1. The van der Waals surface area contributed by atoms with Crippen LogP contribution in [-0.2, 0) is 25.5 Å². The first-order valence-electron chi connectivity index (χ1n) is 9.96. The highest BCUT2D eigenvalue weighted by atomic mass is 35.5. The lowest BCUT2D eigenvalue weighted by Gasteiger charge is -2.17. The van der Waals surface area contributed by atoms with Crippen LogP contribution in [0, 0.1) is 6.92 Å². The minimum atomic E-state index is -0.614. The maximum atomic E-state index is 12.7. The van der Waals surface area contributed by atoms with Crippen molar-refractivity contribution in [2.45, 2.75) is 20.4 Å². The first kappa shape index (κ1) is 25.8. The zero-order valence-corrected chi connectivity index (χ0v) is 20.1. The van der Waals surface area contributed by atoms with Gasteiger partial charge in [-0.2, -0.15) is 0 Å². The second-order valence-electron chi connectivity index (χ2n) is 6.92. The number of carbonyl (C=O) groups excluding carboxylic acids is 3. The molecular formula is C22H27ClN2O6S. The van der Waals surface area contributed by atoms with E-state index in [-0.39, 0.29) is 47.7 Å². The standard InChI is InChI=1S/C22H27ClN2O6S/c1-5-30-21(27)18-14(2)19(22(28)31-11-10-29-4)32-20(18)24-17(26)13-25(3)12-15-8-6-7-9-16(15)23/h6-9H,5,10-13H2,1-4H3,(H,24,26). The Labute approximate surface area is 196 Å². The van der Waals surface area contributed by atoms with Crippen LogP contribution in [0.4, 0.5) is 5.00 Å². The molecule has 10 heteroatoms. The number of hydrogen-bond donors (Lipinski definition) is 1. The Morgan fingerprint density at radius 1 is 1.12 bits per heavy atom. The lowest BCUT2D eigenvalue weighted by molar-refractivity contribution is -0.117. The van der Waals surface area contributed by atoms with Crippen LogP contribution in [0.25, 0.3) is 0 Å². The predicted octanol–water partition coefficient (Wildman–Crippen LogP) is 3.76. The van der Waals surface area contributed by atoms with Gasteiger partial charge in [0.1, 0.15) is 16.5 Å². The summed E-state index contributed by atoms with van der Waals surface area (Å²) in [5.41, 5.74) is 1.44. The number of nitrogens with zero attached hydrogens (tertiary/aromatic N) is 1. The average Bonchev–Trinajstić information content (AvgIpc) is 3.05. The second-order valence-corrected chi connectivity index (χ2v) is 8.35. The SMILES string of the molecule is CCOC(=O)c1c(NC(=O)CN(C)Cc2ccccc2Cl)sc(C(=O)OCCOC)c1C. The number of ether oxygens (including phenoxy) is 3. The van der Waals surface area contributed by atoms with Crippen LogP contribution in [-0.4, -0.2) is 63.3 Å². The molecule has 8 nitrogen and oxygen atoms in total. The van der Waals surface area contributed by atoms with Crippen LogP contribution in [0.2, 0.25) is 5.02 Å². The van der Waals surface area contributed by atoms with E-state index < -0.39 is 11.9 Å². The third kappa shape index (κ3) is 7.03. The summed E-state index contributed by atoms with van der Waals surface area (Å²) in [7, 11) is 3.28. The van der Waals surface area contributed by atoms with E-state index >= 15 is 0 Å². The molecule has 1 aromatic carbocycles. The van der Waals surface area contributed by atoms with Gasteiger partial charge in [0.25, 0.3) is 0 Å². The minimum Gasteiger partial charge on any atom is -0.462 e. The van der Waals surface area contributed by atoms with E-state index in [1.807, 2.05) is 18.2 Å². The largest absolute Gasteiger partial charge is 0.462 e. The lowest BCUT2D eigenvalue weighted by Crippen LogP contribution is -2.30. The number of carbonyl (C=O) groups is 3. The van der Waals surface area contributed by atoms with E-state index in [1.165, 1.54) is 7.11 Å². The Morgan fingerprint density at radius 2 is 1.84 bits per heavy atom. The molecule has 0 spiro atoms. The summed E-state index contributed by atoms with van der Waals surface area (Å²) in [6, 6.07) is 7.40. The predicted molar refractivity (Wildman–Crippen MR) is 124 cm³/mol. The van der Waals surface area contributed by atoms with Gasteiger partial charge in [-0.3, -0.25) is 9.69 Å². The van der Waals surface area contributed by atoms with Gasteiger partial charge in [-0.1, -0.05) is 29.8 Å². The van der Waals surface area contributed by atoms with Gasteiger partial charge in [0.2, 0.25) is 5.91 Å². The highest BCUT2D eigenvalue weighted by Crippen LogP contribution is 2.34. The average molecular weight is 483 g/mol. The van der Waals surface area contributed by atoms with E-state index in [1.54, 1.807) is 31.9 Å². The van der Waals surface area contributed by atoms with Crippen molar-refractivity contribution in [3.8, 4) is 0 Å². The summed E-state index contributed by atoms with van der Waals surface area (Å²) in [5, 5.41) is 3.60. The fourth-order valence-corrected chi connectivity index (χ4v) is 4.21. The summed E-state index contributed by atoms with van der Waals surface area (Å²) < 4.78 is 15.2. The van der Waals surface area contributed by atoms with Gasteiger partial charge in [-0.05, 0) is 38.1 Å². The highest BCUT2D eigenvalue weighted by Gasteiger charge is 2.27. The molecule has 0 aliphatic heterocycles. The molecular weight excluding hydrogens is 456 g/mol. The van der Waals surface area contributed by atoms with E-state index in [4.69, 9.17) is 25.8 Å². The van der Waals surface area contributed by atoms with Crippen molar-refractivity contribution in [1.29, 1.82) is 0 Å². The number of amides is 1. The normalized spacial score (nSPS) is 10.8. The van der Waals surface area contributed by atoms with Crippen molar-refractivity contribution >= 4 is 45.8 Å². The topological polar surface area (TPSA) is 94.2 Å². The molecule has 0 saturated heterocycles. The van der Waals surface area contributed by atoms with Crippen LogP contribution >= 0.6 is 22.9 Å². The Balaban J connectivity index is 2.16. The van der Waals surface area contributed by atoms with E-state index in [0.29, 0.717) is 17.1 Å². The molecule has 2 aromatic rings. The highest BCUT2D eigenvalue weighted by molar-refractivity contribution is 7.18. The van der Waals surface area contributed by atoms with Crippen LogP contribution in [0.1, 0.15) is 38.1 Å². The van der Waals surface area contributed by atoms with Crippen molar-refractivity contribution in [3.05, 3.63) is 50.9 Å². The number of benzene rings is 1. The molecule has 1 heterocycles. The van der Waals surface area contributed by atoms with Gasteiger partial charge in [0, 0.05) is 18.7 Å². The Morgan fingerprint density at radius 3 is 2.50 bits per heavy atom. The fourth-order valence-electron chi connectivity index (χ4n) is 2.91. The van der Waals surface area contributed by atoms with Crippen LogP contribution in [0.3, 0.4) is 0 Å². The first-order chi connectivity index (χ1) is 15.3. The Kier molecular flexibility index (Phi) is 10.1. The molecule has 1 amide bonds. The van der Waals surface area contributed by atoms with E-state index in [0.717, 1.165) is 16.9 Å². The van der Waals surface area contributed by atoms with Gasteiger partial charge in [0.05, 0.1) is 25.3 Å². The first-order valence-corrected chi connectivity index (χ1v) is 11.2. The number of hydrogen-bond acceptors (Lipinski definition) is 8. The summed E-state index contributed by atoms with van der Waals surface area (Å²) in [6.45, 7) is 4.32. The molecule has 0 fully saturated rings. The number of esters is 2. The number of likely N-dealkylation sites (N-methyl/N-ethyl adjacent to an activating group) is 1. The molecule has 2 rings (SSSR count). The van der Waals surface area contributed by atoms with E-state index in [9.17, 15) is 14.4 Å².